The zero-order valence-electron chi connectivity index (χ0n) is 13.5. The van der Waals surface area contributed by atoms with E-state index >= 15 is 0 Å². The van der Waals surface area contributed by atoms with Crippen LogP contribution in [0, 0.1) is 0 Å². The maximum absolute atomic E-state index is 13.3. The van der Waals surface area contributed by atoms with Crippen molar-refractivity contribution in [1.82, 2.24) is 5.32 Å². The Balaban J connectivity index is 3.15. The molecular weight excluding hydrogens is 356 g/mol. The van der Waals surface area contributed by atoms with Crippen molar-refractivity contribution in [1.29, 1.82) is 0 Å². The van der Waals surface area contributed by atoms with Crippen LogP contribution in [0.1, 0.15) is 31.9 Å². The lowest BCUT2D eigenvalue weighted by molar-refractivity contribution is -0.264. The number of nitrogens with one attached hydrogen (secondary N) is 1. The van der Waals surface area contributed by atoms with Crippen LogP contribution in [0.3, 0.4) is 0 Å². The first-order valence-corrected chi connectivity index (χ1v) is 7.00. The van der Waals surface area contributed by atoms with E-state index < -0.39 is 47.3 Å². The summed E-state index contributed by atoms with van der Waals surface area (Å²) < 4.78 is 82.7. The van der Waals surface area contributed by atoms with Gasteiger partial charge in [-0.25, -0.2) is 4.79 Å². The van der Waals surface area contributed by atoms with Gasteiger partial charge in [0.1, 0.15) is 5.60 Å². The van der Waals surface area contributed by atoms with Crippen molar-refractivity contribution in [2.75, 3.05) is 6.54 Å². The largest absolute Gasteiger partial charge is 0.444 e. The van der Waals surface area contributed by atoms with Gasteiger partial charge in [0.05, 0.1) is 12.1 Å². The first-order valence-electron chi connectivity index (χ1n) is 7.00. The van der Waals surface area contributed by atoms with E-state index in [0.717, 1.165) is 6.07 Å². The van der Waals surface area contributed by atoms with Gasteiger partial charge in [-0.1, -0.05) is 12.1 Å². The van der Waals surface area contributed by atoms with Crippen molar-refractivity contribution >= 4 is 6.09 Å². The molecule has 0 saturated carbocycles. The van der Waals surface area contributed by atoms with Gasteiger partial charge in [0.25, 0.3) is 0 Å². The Bertz CT molecular complexity index is 621. The fourth-order valence-corrected chi connectivity index (χ4v) is 1.83. The second-order valence-electron chi connectivity index (χ2n) is 6.29. The smallest absolute Gasteiger partial charge is 0.423 e. The predicted molar refractivity (Wildman–Crippen MR) is 75.6 cm³/mol. The molecule has 0 aliphatic carbocycles. The molecule has 0 bridgehead atoms. The first kappa shape index (κ1) is 21.1. The van der Waals surface area contributed by atoms with Gasteiger partial charge in [-0.3, -0.25) is 0 Å². The number of benzene rings is 1. The first-order chi connectivity index (χ1) is 11.1. The third-order valence-electron chi connectivity index (χ3n) is 3.02. The number of hydrogen-bond donors (Lipinski definition) is 2. The van der Waals surface area contributed by atoms with E-state index in [9.17, 15) is 36.2 Å². The average molecular weight is 373 g/mol. The molecule has 2 N–H and O–H groups in total. The molecule has 142 valence electrons. The molecular formula is C15H17F6NO3. The molecule has 0 saturated heterocycles. The number of carbonyl (C=O) groups excluding carboxylic acids is 1. The molecule has 0 aliphatic heterocycles. The molecule has 0 aliphatic rings. The minimum absolute atomic E-state index is 0.185. The number of amides is 1. The SMILES string of the molecule is CC(C)(C)OC(=O)NCC(O)(c1cccc(C(F)(F)F)c1)C(F)(F)F. The topological polar surface area (TPSA) is 58.6 Å². The maximum Gasteiger partial charge on any atom is 0.423 e. The minimum Gasteiger partial charge on any atom is -0.444 e. The number of carbonyl (C=O) groups is 1. The summed E-state index contributed by atoms with van der Waals surface area (Å²) in [4.78, 5) is 11.5. The molecule has 0 spiro atoms. The van der Waals surface area contributed by atoms with Crippen LogP contribution in [0.2, 0.25) is 0 Å². The molecule has 1 aromatic carbocycles. The number of aliphatic hydroxyl groups is 1. The van der Waals surface area contributed by atoms with E-state index in [1.54, 1.807) is 5.32 Å². The summed E-state index contributed by atoms with van der Waals surface area (Å²) in [5.74, 6) is 0. The van der Waals surface area contributed by atoms with E-state index in [1.807, 2.05) is 0 Å². The summed E-state index contributed by atoms with van der Waals surface area (Å²) in [5, 5.41) is 11.7. The highest BCUT2D eigenvalue weighted by atomic mass is 19.4. The molecule has 1 aromatic rings. The Labute approximate surface area is 139 Å². The highest BCUT2D eigenvalue weighted by molar-refractivity contribution is 5.67. The summed E-state index contributed by atoms with van der Waals surface area (Å²) >= 11 is 0. The summed E-state index contributed by atoms with van der Waals surface area (Å²) in [6.45, 7) is 2.99. The van der Waals surface area contributed by atoms with Crippen molar-refractivity contribution in [2.45, 2.75) is 44.3 Å². The van der Waals surface area contributed by atoms with Gasteiger partial charge in [-0.15, -0.1) is 0 Å². The lowest BCUT2D eigenvalue weighted by atomic mass is 9.91. The fraction of sp³-hybridized carbons (Fsp3) is 0.533. The van der Waals surface area contributed by atoms with E-state index in [2.05, 4.69) is 0 Å². The number of alkyl carbamates (subject to hydrolysis) is 1. The van der Waals surface area contributed by atoms with E-state index in [1.165, 1.54) is 20.8 Å². The van der Waals surface area contributed by atoms with Crippen LogP contribution < -0.4 is 5.32 Å². The highest BCUT2D eigenvalue weighted by Gasteiger charge is 2.55. The zero-order valence-corrected chi connectivity index (χ0v) is 13.5. The normalized spacial score (nSPS) is 15.4. The van der Waals surface area contributed by atoms with Crippen LogP contribution in [0.5, 0.6) is 0 Å². The predicted octanol–water partition coefficient (Wildman–Crippen LogP) is 3.98. The number of halogens is 6. The minimum atomic E-state index is -5.34. The Kier molecular flexibility index (Phi) is 5.68. The summed E-state index contributed by atoms with van der Waals surface area (Å²) in [6, 6.07) is 2.19. The van der Waals surface area contributed by atoms with Gasteiger partial charge in [0, 0.05) is 0 Å². The van der Waals surface area contributed by atoms with Crippen molar-refractivity contribution in [3.05, 3.63) is 35.4 Å². The third-order valence-corrected chi connectivity index (χ3v) is 3.02. The Morgan fingerprint density at radius 3 is 2.04 bits per heavy atom. The van der Waals surface area contributed by atoms with E-state index in [4.69, 9.17) is 4.74 Å². The number of alkyl halides is 6. The molecule has 0 fully saturated rings. The second-order valence-corrected chi connectivity index (χ2v) is 6.29. The second kappa shape index (κ2) is 6.74. The Hall–Kier alpha value is -1.97. The summed E-state index contributed by atoms with van der Waals surface area (Å²) in [5.41, 5.74) is -7.13. The van der Waals surface area contributed by atoms with Crippen molar-refractivity contribution < 1.29 is 41.0 Å². The van der Waals surface area contributed by atoms with E-state index in [0.29, 0.717) is 12.1 Å². The standard InChI is InChI=1S/C15H17F6NO3/c1-12(2,3)25-11(23)22-8-13(24,15(19,20)21)9-5-4-6-10(7-9)14(16,17)18/h4-7,24H,8H2,1-3H3,(H,22,23). The van der Waals surface area contributed by atoms with Crippen LogP contribution in [0.25, 0.3) is 0 Å². The quantitative estimate of drug-likeness (QED) is 0.788. The van der Waals surface area contributed by atoms with Gasteiger partial charge in [-0.05, 0) is 38.5 Å². The molecule has 25 heavy (non-hydrogen) atoms. The van der Waals surface area contributed by atoms with Gasteiger partial charge in [0.15, 0.2) is 0 Å². The molecule has 1 rings (SSSR count). The lowest BCUT2D eigenvalue weighted by Crippen LogP contribution is -2.51. The zero-order chi connectivity index (χ0) is 19.7. The van der Waals surface area contributed by atoms with Crippen LogP contribution in [-0.2, 0) is 16.5 Å². The maximum atomic E-state index is 13.3. The van der Waals surface area contributed by atoms with Gasteiger partial charge in [0.2, 0.25) is 5.60 Å². The van der Waals surface area contributed by atoms with Crippen molar-refractivity contribution in [2.24, 2.45) is 0 Å². The van der Waals surface area contributed by atoms with Gasteiger partial charge in [-0.2, -0.15) is 26.3 Å². The van der Waals surface area contributed by atoms with Crippen molar-refractivity contribution in [3.63, 3.8) is 0 Å². The lowest BCUT2D eigenvalue weighted by Gasteiger charge is -2.32. The monoisotopic (exact) mass is 373 g/mol. The molecule has 0 aromatic heterocycles. The molecule has 1 amide bonds. The van der Waals surface area contributed by atoms with Crippen LogP contribution in [0.15, 0.2) is 24.3 Å². The van der Waals surface area contributed by atoms with Crippen LogP contribution >= 0.6 is 0 Å². The molecule has 4 nitrogen and oxygen atoms in total. The van der Waals surface area contributed by atoms with Crippen LogP contribution in [0.4, 0.5) is 31.1 Å². The molecule has 0 radical (unpaired) electrons. The summed E-state index contributed by atoms with van der Waals surface area (Å²) in [7, 11) is 0. The molecule has 1 atom stereocenters. The summed E-state index contributed by atoms with van der Waals surface area (Å²) in [6.07, 6.45) is -11.5. The Morgan fingerprint density at radius 2 is 1.60 bits per heavy atom. The van der Waals surface area contributed by atoms with E-state index in [-0.39, 0.29) is 6.07 Å². The van der Waals surface area contributed by atoms with Gasteiger partial charge < -0.3 is 15.2 Å². The fourth-order valence-electron chi connectivity index (χ4n) is 1.83. The average Bonchev–Trinajstić information content (AvgIpc) is 2.41. The highest BCUT2D eigenvalue weighted by Crippen LogP contribution is 2.40. The Morgan fingerprint density at radius 1 is 1.08 bits per heavy atom. The molecule has 0 heterocycles. The van der Waals surface area contributed by atoms with Crippen molar-refractivity contribution in [3.8, 4) is 0 Å². The van der Waals surface area contributed by atoms with Gasteiger partial charge >= 0.3 is 18.4 Å². The molecule has 1 unspecified atom stereocenters. The number of hydrogen-bond acceptors (Lipinski definition) is 3. The third kappa shape index (κ3) is 5.52. The number of ether oxygens (including phenoxy) is 1. The van der Waals surface area contributed by atoms with Crippen LogP contribution in [-0.4, -0.2) is 29.5 Å². The number of rotatable bonds is 3. The molecule has 10 heteroatoms.